The van der Waals surface area contributed by atoms with Crippen LogP contribution in [0.2, 0.25) is 0 Å². The molecule has 0 unspecified atom stereocenters. The minimum absolute atomic E-state index is 0.636. The molecule has 0 fully saturated rings. The predicted octanol–water partition coefficient (Wildman–Crippen LogP) is 13.2. The van der Waals surface area contributed by atoms with E-state index in [9.17, 15) is 0 Å². The second kappa shape index (κ2) is 13.0. The summed E-state index contributed by atoms with van der Waals surface area (Å²) in [6, 6.07) is 62.9. The van der Waals surface area contributed by atoms with Crippen molar-refractivity contribution in [1.82, 2.24) is 24.1 Å². The maximum Gasteiger partial charge on any atom is 0.164 e. The van der Waals surface area contributed by atoms with E-state index in [0.29, 0.717) is 17.5 Å². The summed E-state index contributed by atoms with van der Waals surface area (Å²) in [5, 5.41) is 7.16. The summed E-state index contributed by atoms with van der Waals surface area (Å²) in [5.74, 6) is 1.95. The normalized spacial score (nSPS) is 12.6. The van der Waals surface area contributed by atoms with E-state index in [4.69, 9.17) is 15.0 Å². The van der Waals surface area contributed by atoms with Crippen molar-refractivity contribution in [2.75, 3.05) is 0 Å². The zero-order chi connectivity index (χ0) is 38.2. The van der Waals surface area contributed by atoms with Crippen LogP contribution in [-0.2, 0) is 6.42 Å². The van der Waals surface area contributed by atoms with E-state index in [1.165, 1.54) is 43.7 Å². The molecule has 3 aromatic heterocycles. The van der Waals surface area contributed by atoms with Crippen LogP contribution in [0.3, 0.4) is 0 Å². The van der Waals surface area contributed by atoms with Gasteiger partial charge in [0.05, 0.1) is 27.8 Å². The minimum Gasteiger partial charge on any atom is -0.309 e. The fourth-order valence-electron chi connectivity index (χ4n) is 9.13. The van der Waals surface area contributed by atoms with E-state index in [0.717, 1.165) is 62.7 Å². The Hall–Kier alpha value is -7.63. The molecule has 58 heavy (non-hydrogen) atoms. The number of hydrogen-bond donors (Lipinski definition) is 0. The molecule has 5 nitrogen and oxygen atoms in total. The molecule has 11 aromatic rings. The largest absolute Gasteiger partial charge is 0.309 e. The average molecular weight is 742 g/mol. The summed E-state index contributed by atoms with van der Waals surface area (Å²) in [4.78, 5) is 15.5. The summed E-state index contributed by atoms with van der Waals surface area (Å²) in [6.07, 6.45) is 6.58. The van der Waals surface area contributed by atoms with Crippen molar-refractivity contribution in [2.45, 2.75) is 12.8 Å². The highest BCUT2D eigenvalue weighted by Crippen LogP contribution is 2.43. The summed E-state index contributed by atoms with van der Waals surface area (Å²) in [5.41, 5.74) is 12.3. The van der Waals surface area contributed by atoms with Crippen molar-refractivity contribution in [3.8, 4) is 45.5 Å². The lowest BCUT2D eigenvalue weighted by molar-refractivity contribution is 0.985. The van der Waals surface area contributed by atoms with Gasteiger partial charge in [0, 0.05) is 49.3 Å². The van der Waals surface area contributed by atoms with E-state index < -0.39 is 0 Å². The SMILES string of the molecule is C1=Cc2cc(-c3nc(-c4ccccc4)nc(-c4cc(-n5c6ccccc6c6c5ccc5c7ccccc7n(-c7ccccc7)c56)c5ccccc5c4)n3)ccc2CC1. The van der Waals surface area contributed by atoms with E-state index in [-0.39, 0.29) is 0 Å². The Morgan fingerprint density at radius 3 is 1.90 bits per heavy atom. The van der Waals surface area contributed by atoms with Gasteiger partial charge in [-0.25, -0.2) is 15.0 Å². The minimum atomic E-state index is 0.636. The van der Waals surface area contributed by atoms with E-state index >= 15 is 0 Å². The number of allylic oxidation sites excluding steroid dienone is 1. The van der Waals surface area contributed by atoms with Gasteiger partial charge in [-0.05, 0) is 77.9 Å². The quantitative estimate of drug-likeness (QED) is 0.176. The topological polar surface area (TPSA) is 48.5 Å². The molecule has 3 heterocycles. The number of para-hydroxylation sites is 3. The maximum atomic E-state index is 5.25. The molecule has 1 aliphatic carbocycles. The third-order valence-electron chi connectivity index (χ3n) is 11.8. The Labute approximate surface area is 334 Å². The molecule has 272 valence electrons. The molecule has 0 aliphatic heterocycles. The molecule has 0 atom stereocenters. The van der Waals surface area contributed by atoms with Crippen molar-refractivity contribution in [1.29, 1.82) is 0 Å². The second-order valence-corrected chi connectivity index (χ2v) is 15.1. The lowest BCUT2D eigenvalue weighted by atomic mass is 9.95. The number of benzene rings is 8. The molecule has 0 spiro atoms. The first-order valence-electron chi connectivity index (χ1n) is 19.9. The van der Waals surface area contributed by atoms with Crippen LogP contribution in [0.15, 0.2) is 182 Å². The van der Waals surface area contributed by atoms with Gasteiger partial charge in [0.25, 0.3) is 0 Å². The van der Waals surface area contributed by atoms with Crippen LogP contribution < -0.4 is 0 Å². The number of aromatic nitrogens is 5. The Bertz CT molecular complexity index is 3450. The van der Waals surface area contributed by atoms with Crippen LogP contribution in [0.1, 0.15) is 17.5 Å². The number of aryl methyl sites for hydroxylation is 1. The van der Waals surface area contributed by atoms with E-state index in [1.54, 1.807) is 0 Å². The Morgan fingerprint density at radius 2 is 1.09 bits per heavy atom. The molecule has 0 N–H and O–H groups in total. The third kappa shape index (κ3) is 5.07. The van der Waals surface area contributed by atoms with Gasteiger partial charge in [-0.3, -0.25) is 0 Å². The fourth-order valence-corrected chi connectivity index (χ4v) is 9.13. The summed E-state index contributed by atoms with van der Waals surface area (Å²) in [6.45, 7) is 0. The van der Waals surface area contributed by atoms with Gasteiger partial charge in [0.2, 0.25) is 0 Å². The van der Waals surface area contributed by atoms with Crippen LogP contribution in [0.5, 0.6) is 0 Å². The Kier molecular flexibility index (Phi) is 7.29. The molecule has 0 saturated carbocycles. The monoisotopic (exact) mass is 741 g/mol. The van der Waals surface area contributed by atoms with Crippen molar-refractivity contribution in [3.05, 3.63) is 193 Å². The van der Waals surface area contributed by atoms with E-state index in [2.05, 4.69) is 179 Å². The molecule has 0 radical (unpaired) electrons. The van der Waals surface area contributed by atoms with Gasteiger partial charge in [-0.15, -0.1) is 0 Å². The number of nitrogens with zero attached hydrogens (tertiary/aromatic N) is 5. The van der Waals surface area contributed by atoms with Gasteiger partial charge < -0.3 is 9.13 Å². The van der Waals surface area contributed by atoms with Crippen LogP contribution in [0, 0.1) is 0 Å². The van der Waals surface area contributed by atoms with Gasteiger partial charge >= 0.3 is 0 Å². The number of hydrogen-bond acceptors (Lipinski definition) is 3. The molecule has 0 saturated heterocycles. The first kappa shape index (κ1) is 32.6. The average Bonchev–Trinajstić information content (AvgIpc) is 3.82. The molecule has 8 aromatic carbocycles. The van der Waals surface area contributed by atoms with Crippen molar-refractivity contribution in [2.24, 2.45) is 0 Å². The molecular formula is C53H35N5. The molecule has 0 bridgehead atoms. The zero-order valence-electron chi connectivity index (χ0n) is 31.5. The standard InChI is InChI=1S/C53H35N5/c1-3-16-35(17-4-1)51-54-52(38-28-27-34-15-7-8-18-36(34)31-38)56-53(55-51)39-32-37-19-9-10-22-41(37)48(33-39)58-46-26-14-12-24-44(46)49-47(58)30-29-43-42-23-11-13-25-45(42)57(50(43)49)40-20-5-2-6-21-40/h1-6,8-14,16-33H,7,15H2. The zero-order valence-corrected chi connectivity index (χ0v) is 31.5. The first-order chi connectivity index (χ1) is 28.8. The Balaban J connectivity index is 1.15. The van der Waals surface area contributed by atoms with Crippen molar-refractivity contribution >= 4 is 60.5 Å². The van der Waals surface area contributed by atoms with Gasteiger partial charge in [-0.1, -0.05) is 140 Å². The molecule has 5 heteroatoms. The fraction of sp³-hybridized carbons (Fsp3) is 0.0377. The smallest absolute Gasteiger partial charge is 0.164 e. The third-order valence-corrected chi connectivity index (χ3v) is 11.8. The first-order valence-corrected chi connectivity index (χ1v) is 19.9. The predicted molar refractivity (Wildman–Crippen MR) is 240 cm³/mol. The van der Waals surface area contributed by atoms with Crippen LogP contribution in [0.4, 0.5) is 0 Å². The molecule has 1 aliphatic rings. The highest BCUT2D eigenvalue weighted by Gasteiger charge is 2.23. The van der Waals surface area contributed by atoms with Crippen molar-refractivity contribution < 1.29 is 0 Å². The molecular weight excluding hydrogens is 707 g/mol. The molecule has 12 rings (SSSR count). The summed E-state index contributed by atoms with van der Waals surface area (Å²) >= 11 is 0. The highest BCUT2D eigenvalue weighted by molar-refractivity contribution is 6.26. The second-order valence-electron chi connectivity index (χ2n) is 15.1. The summed E-state index contributed by atoms with van der Waals surface area (Å²) < 4.78 is 4.88. The van der Waals surface area contributed by atoms with Gasteiger partial charge in [-0.2, -0.15) is 0 Å². The Morgan fingerprint density at radius 1 is 0.431 bits per heavy atom. The number of rotatable bonds is 5. The van der Waals surface area contributed by atoms with Crippen LogP contribution >= 0.6 is 0 Å². The number of fused-ring (bicyclic) bond motifs is 9. The molecule has 0 amide bonds. The van der Waals surface area contributed by atoms with E-state index in [1.807, 2.05) is 18.2 Å². The van der Waals surface area contributed by atoms with Crippen LogP contribution in [-0.4, -0.2) is 24.1 Å². The highest BCUT2D eigenvalue weighted by atomic mass is 15.0. The summed E-state index contributed by atoms with van der Waals surface area (Å²) in [7, 11) is 0. The maximum absolute atomic E-state index is 5.25. The van der Waals surface area contributed by atoms with Crippen LogP contribution in [0.25, 0.3) is 106 Å². The lowest BCUT2D eigenvalue weighted by Gasteiger charge is -2.15. The van der Waals surface area contributed by atoms with Gasteiger partial charge in [0.15, 0.2) is 17.5 Å². The lowest BCUT2D eigenvalue weighted by Crippen LogP contribution is -2.02. The van der Waals surface area contributed by atoms with Crippen molar-refractivity contribution in [3.63, 3.8) is 0 Å². The van der Waals surface area contributed by atoms with Gasteiger partial charge in [0.1, 0.15) is 0 Å².